The quantitative estimate of drug-likeness (QED) is 0.0946. The summed E-state index contributed by atoms with van der Waals surface area (Å²) in [7, 11) is 0. The highest BCUT2D eigenvalue weighted by molar-refractivity contribution is 5.86. The number of hydrogen-bond acceptors (Lipinski definition) is 5. The van der Waals surface area contributed by atoms with Crippen molar-refractivity contribution in [3.05, 3.63) is 58.3 Å². The van der Waals surface area contributed by atoms with E-state index in [0.29, 0.717) is 6.42 Å². The smallest absolute Gasteiger partial charge is 0.417 e. The van der Waals surface area contributed by atoms with Gasteiger partial charge in [0.1, 0.15) is 6.10 Å². The maximum absolute atomic E-state index is 15.2. The van der Waals surface area contributed by atoms with Gasteiger partial charge in [0.25, 0.3) is 11.8 Å². The summed E-state index contributed by atoms with van der Waals surface area (Å²) in [6.07, 6.45) is 9.41. The number of amides is 2. The van der Waals surface area contributed by atoms with Crippen molar-refractivity contribution in [2.45, 2.75) is 128 Å². The van der Waals surface area contributed by atoms with Crippen molar-refractivity contribution >= 4 is 11.8 Å². The molecule has 8 nitrogen and oxygen atoms in total. The summed E-state index contributed by atoms with van der Waals surface area (Å²) in [5, 5.41) is 2.38. The Morgan fingerprint density at radius 3 is 2.13 bits per heavy atom. The Hall–Kier alpha value is -3.35. The number of halogens is 5. The van der Waals surface area contributed by atoms with Crippen LogP contribution < -0.4 is 15.8 Å². The lowest BCUT2D eigenvalue weighted by atomic mass is 9.77. The maximum Gasteiger partial charge on any atom is 0.417 e. The van der Waals surface area contributed by atoms with E-state index in [1.165, 1.54) is 51.9 Å². The van der Waals surface area contributed by atoms with E-state index in [0.717, 1.165) is 63.1 Å². The number of primary amides is 1. The third-order valence-electron chi connectivity index (χ3n) is 9.18. The number of hydrogen-bond donors (Lipinski definition) is 2. The molecule has 3 N–H and O–H groups in total. The van der Waals surface area contributed by atoms with E-state index in [1.807, 2.05) is 0 Å². The number of nitroso groups, excluding NO2 is 1. The third-order valence-corrected chi connectivity index (χ3v) is 9.18. The number of alkyl halides is 3. The highest BCUT2D eigenvalue weighted by Crippen LogP contribution is 2.55. The predicted octanol–water partition coefficient (Wildman–Crippen LogP) is 7.64. The fraction of sp³-hybridized carbons (Fsp3) is 0.647. The lowest BCUT2D eigenvalue weighted by Gasteiger charge is -2.32. The van der Waals surface area contributed by atoms with E-state index in [4.69, 9.17) is 15.2 Å². The van der Waals surface area contributed by atoms with E-state index < -0.39 is 65.0 Å². The molecule has 0 radical (unpaired) electrons. The average molecular weight is 673 g/mol. The van der Waals surface area contributed by atoms with Crippen LogP contribution >= 0.6 is 0 Å². The molecule has 1 aromatic carbocycles. The van der Waals surface area contributed by atoms with Gasteiger partial charge >= 0.3 is 12.2 Å². The van der Waals surface area contributed by atoms with Gasteiger partial charge in [0.2, 0.25) is 12.0 Å². The largest absolute Gasteiger partial charge is 0.490 e. The molecule has 2 aliphatic heterocycles. The van der Waals surface area contributed by atoms with Crippen LogP contribution in [0.5, 0.6) is 5.75 Å². The highest BCUT2D eigenvalue weighted by atomic mass is 19.4. The third kappa shape index (κ3) is 9.61. The normalized spacial score (nSPS) is 24.3. The van der Waals surface area contributed by atoms with Crippen LogP contribution in [0.3, 0.4) is 0 Å². The van der Waals surface area contributed by atoms with Gasteiger partial charge in [-0.1, -0.05) is 90.5 Å². The molecular formula is C34H47F5N3O5+. The molecule has 47 heavy (non-hydrogen) atoms. The number of benzene rings is 1. The van der Waals surface area contributed by atoms with Gasteiger partial charge in [-0.2, -0.15) is 17.6 Å². The summed E-state index contributed by atoms with van der Waals surface area (Å²) in [4.78, 5) is 37.0. The minimum absolute atomic E-state index is 0.00194. The Morgan fingerprint density at radius 2 is 1.57 bits per heavy atom. The van der Waals surface area contributed by atoms with Crippen molar-refractivity contribution in [2.75, 3.05) is 6.61 Å². The second-order valence-electron chi connectivity index (χ2n) is 12.6. The number of ether oxygens (including phenoxy) is 2. The molecule has 0 bridgehead atoms. The van der Waals surface area contributed by atoms with Gasteiger partial charge in [-0.3, -0.25) is 9.59 Å². The van der Waals surface area contributed by atoms with Crippen molar-refractivity contribution in [2.24, 2.45) is 11.7 Å². The summed E-state index contributed by atoms with van der Waals surface area (Å²) in [6.45, 7) is 4.21. The minimum atomic E-state index is -4.93. The Labute approximate surface area is 272 Å². The van der Waals surface area contributed by atoms with E-state index >= 15 is 4.39 Å². The first-order valence-electron chi connectivity index (χ1n) is 16.5. The second-order valence-corrected chi connectivity index (χ2v) is 12.6. The highest BCUT2D eigenvalue weighted by Gasteiger charge is 2.66. The predicted molar refractivity (Wildman–Crippen MR) is 166 cm³/mol. The minimum Gasteiger partial charge on any atom is -0.490 e. The monoisotopic (exact) mass is 672 g/mol. The molecule has 1 fully saturated rings. The van der Waals surface area contributed by atoms with Crippen molar-refractivity contribution in [1.82, 2.24) is 5.32 Å². The Balaban J connectivity index is 1.72. The van der Waals surface area contributed by atoms with Gasteiger partial charge in [0, 0.05) is 39.2 Å². The molecule has 262 valence electrons. The Bertz CT molecular complexity index is 1320. The maximum atomic E-state index is 15.2. The molecule has 0 spiro atoms. The molecule has 0 saturated carbocycles. The van der Waals surface area contributed by atoms with Gasteiger partial charge in [-0.15, -0.1) is 0 Å². The zero-order valence-corrected chi connectivity index (χ0v) is 27.3. The number of nitrogens with two attached hydrogens (primary N) is 1. The molecule has 3 rings (SSSR count). The SMILES string of the molecule is CCCCCCCCCCCCCCOc1c([C@H]2[C@@H](C)[C@](C)(C(F)(F)F)O[C@H]2C(=O)NC2=CC(C(N)=O)[N+](=O)C=C2)ccc(F)c1F. The molecule has 13 heteroatoms. The zero-order chi connectivity index (χ0) is 34.8. The molecule has 2 aliphatic rings. The number of carbonyl (C=O) groups is 2. The molecule has 1 unspecified atom stereocenters. The van der Waals surface area contributed by atoms with Crippen LogP contribution in [0.25, 0.3) is 0 Å². The van der Waals surface area contributed by atoms with Gasteiger partial charge < -0.3 is 20.5 Å². The topological polar surface area (TPSA) is 111 Å². The van der Waals surface area contributed by atoms with Crippen molar-refractivity contribution in [1.29, 1.82) is 0 Å². The fourth-order valence-electron chi connectivity index (χ4n) is 6.15. The van der Waals surface area contributed by atoms with E-state index in [9.17, 15) is 32.1 Å². The number of nitrogens with zero attached hydrogens (tertiary/aromatic N) is 1. The summed E-state index contributed by atoms with van der Waals surface area (Å²) < 4.78 is 84.0. The van der Waals surface area contributed by atoms with Gasteiger partial charge in [0.05, 0.1) is 12.3 Å². The van der Waals surface area contributed by atoms with Crippen molar-refractivity contribution in [3.8, 4) is 5.75 Å². The van der Waals surface area contributed by atoms with Crippen molar-refractivity contribution in [3.63, 3.8) is 0 Å². The van der Waals surface area contributed by atoms with Crippen LogP contribution in [0.1, 0.15) is 109 Å². The van der Waals surface area contributed by atoms with Crippen LogP contribution in [0.2, 0.25) is 0 Å². The molecule has 1 saturated heterocycles. The van der Waals surface area contributed by atoms with Crippen LogP contribution in [0, 0.1) is 22.5 Å². The van der Waals surface area contributed by atoms with Crippen LogP contribution in [-0.2, 0) is 14.3 Å². The summed E-state index contributed by atoms with van der Waals surface area (Å²) in [5.74, 6) is -8.10. The number of rotatable bonds is 18. The van der Waals surface area contributed by atoms with Crippen molar-refractivity contribution < 1.29 is 45.8 Å². The number of nitrogens with one attached hydrogen (secondary N) is 1. The van der Waals surface area contributed by atoms with Gasteiger partial charge in [-0.25, -0.2) is 4.39 Å². The first-order valence-corrected chi connectivity index (χ1v) is 16.5. The van der Waals surface area contributed by atoms with E-state index in [2.05, 4.69) is 12.2 Å². The molecule has 1 aromatic rings. The summed E-state index contributed by atoms with van der Waals surface area (Å²) >= 11 is 0. The Morgan fingerprint density at radius 1 is 1.00 bits per heavy atom. The zero-order valence-electron chi connectivity index (χ0n) is 27.3. The molecule has 5 atom stereocenters. The second kappa shape index (κ2) is 17.2. The summed E-state index contributed by atoms with van der Waals surface area (Å²) in [5.41, 5.74) is 2.17. The molecule has 0 aliphatic carbocycles. The average Bonchev–Trinajstić information content (AvgIpc) is 3.29. The number of unbranched alkanes of at least 4 members (excludes halogenated alkanes) is 11. The van der Waals surface area contributed by atoms with E-state index in [1.54, 1.807) is 0 Å². The lowest BCUT2D eigenvalue weighted by Crippen LogP contribution is -2.47. The first kappa shape index (κ1) is 38.1. The Kier molecular flexibility index (Phi) is 13.9. The molecular weight excluding hydrogens is 625 g/mol. The fourth-order valence-corrected chi connectivity index (χ4v) is 6.15. The number of allylic oxidation sites excluding steroid dienone is 1. The summed E-state index contributed by atoms with van der Waals surface area (Å²) in [6, 6.07) is 0.432. The molecule has 2 amide bonds. The standard InChI is InChI=1S/C34H46F5N3O5/c1-4-5-6-7-8-9-10-11-12-13-14-15-20-46-29-24(16-17-25(35)28(29)36)27-22(2)33(3,34(37,38)39)47-30(27)32(44)41-23-18-19-42(45)26(21-23)31(40)43/h16-19,21-22,26-27,30H,4-15,20H2,1-3H3,(H2-,40,41,43,44)/p+1/t22-,26?,27-,30-,33-/m1/s1. The van der Waals surface area contributed by atoms with Gasteiger partial charge in [0.15, 0.2) is 17.2 Å². The van der Waals surface area contributed by atoms with Crippen LogP contribution in [0.15, 0.2) is 36.2 Å². The molecule has 0 aromatic heterocycles. The van der Waals surface area contributed by atoms with Crippen LogP contribution in [0.4, 0.5) is 22.0 Å². The van der Waals surface area contributed by atoms with Gasteiger partial charge in [-0.05, 0) is 19.4 Å². The molecule has 2 heterocycles. The van der Waals surface area contributed by atoms with E-state index in [-0.39, 0.29) is 22.6 Å². The van der Waals surface area contributed by atoms with Crippen LogP contribution in [-0.4, -0.2) is 47.1 Å². The first-order chi connectivity index (χ1) is 22.2. The number of carbonyl (C=O) groups excluding carboxylic acids is 2. The lowest BCUT2D eigenvalue weighted by molar-refractivity contribution is -0.495.